The maximum absolute atomic E-state index is 13.3. The smallest absolute Gasteiger partial charge is 0.338 e. The van der Waals surface area contributed by atoms with Crippen molar-refractivity contribution in [3.05, 3.63) is 35.1 Å². The lowest BCUT2D eigenvalue weighted by Gasteiger charge is -2.35. The van der Waals surface area contributed by atoms with E-state index in [0.29, 0.717) is 6.54 Å². The third-order valence-electron chi connectivity index (χ3n) is 3.16. The molecule has 19 heavy (non-hydrogen) atoms. The highest BCUT2D eigenvalue weighted by molar-refractivity contribution is 5.88. The molecule has 0 amide bonds. The third-order valence-corrected chi connectivity index (χ3v) is 3.16. The van der Waals surface area contributed by atoms with Gasteiger partial charge < -0.3 is 9.84 Å². The van der Waals surface area contributed by atoms with E-state index in [1.54, 1.807) is 6.07 Å². The monoisotopic (exact) mass is 267 g/mol. The zero-order chi connectivity index (χ0) is 14.0. The average Bonchev–Trinajstić information content (AvgIpc) is 2.30. The van der Waals surface area contributed by atoms with Gasteiger partial charge in [-0.3, -0.25) is 4.90 Å². The quantitative estimate of drug-likeness (QED) is 0.911. The van der Waals surface area contributed by atoms with Crippen LogP contribution >= 0.6 is 0 Å². The number of ether oxygens (including phenoxy) is 1. The molecule has 1 saturated heterocycles. The highest BCUT2D eigenvalue weighted by Crippen LogP contribution is 2.16. The zero-order valence-corrected chi connectivity index (χ0v) is 11.1. The van der Waals surface area contributed by atoms with E-state index in [-0.39, 0.29) is 17.8 Å². The molecule has 0 radical (unpaired) electrons. The Morgan fingerprint density at radius 3 is 2.63 bits per heavy atom. The van der Waals surface area contributed by atoms with E-state index >= 15 is 0 Å². The summed E-state index contributed by atoms with van der Waals surface area (Å²) >= 11 is 0. The fraction of sp³-hybridized carbons (Fsp3) is 0.500. The van der Waals surface area contributed by atoms with Gasteiger partial charge in [-0.1, -0.05) is 6.07 Å². The molecule has 4 nitrogen and oxygen atoms in total. The molecule has 1 aromatic carbocycles. The SMILES string of the molecule is CC1CN(Cc2ccc(F)c(C(=O)O)c2)CC(C)O1. The molecule has 1 heterocycles. The van der Waals surface area contributed by atoms with Crippen LogP contribution in [0.25, 0.3) is 0 Å². The number of carboxylic acids is 1. The van der Waals surface area contributed by atoms with Crippen molar-refractivity contribution in [2.75, 3.05) is 13.1 Å². The summed E-state index contributed by atoms with van der Waals surface area (Å²) in [7, 11) is 0. The van der Waals surface area contributed by atoms with Gasteiger partial charge in [-0.05, 0) is 31.5 Å². The van der Waals surface area contributed by atoms with Crippen LogP contribution in [0.5, 0.6) is 0 Å². The first-order valence-electron chi connectivity index (χ1n) is 6.35. The molecule has 1 aliphatic rings. The van der Waals surface area contributed by atoms with Crippen LogP contribution in [0.4, 0.5) is 4.39 Å². The number of halogens is 1. The highest BCUT2D eigenvalue weighted by atomic mass is 19.1. The summed E-state index contributed by atoms with van der Waals surface area (Å²) in [4.78, 5) is 13.1. The normalized spacial score (nSPS) is 24.4. The number of carbonyl (C=O) groups is 1. The second kappa shape index (κ2) is 5.67. The number of benzene rings is 1. The fourth-order valence-corrected chi connectivity index (χ4v) is 2.51. The van der Waals surface area contributed by atoms with Gasteiger partial charge in [0.1, 0.15) is 5.82 Å². The standard InChI is InChI=1S/C14H18FNO3/c1-9-6-16(7-10(2)19-9)8-11-3-4-13(15)12(5-11)14(17)18/h3-5,9-10H,6-8H2,1-2H3,(H,17,18). The first-order valence-corrected chi connectivity index (χ1v) is 6.35. The Morgan fingerprint density at radius 1 is 1.42 bits per heavy atom. The fourth-order valence-electron chi connectivity index (χ4n) is 2.51. The first kappa shape index (κ1) is 14.0. The molecule has 0 spiro atoms. The Bertz CT molecular complexity index is 468. The number of aromatic carboxylic acids is 1. The summed E-state index contributed by atoms with van der Waals surface area (Å²) in [6.07, 6.45) is 0.311. The molecule has 2 atom stereocenters. The molecule has 104 valence electrons. The van der Waals surface area contributed by atoms with Crippen LogP contribution < -0.4 is 0 Å². The Morgan fingerprint density at radius 2 is 2.05 bits per heavy atom. The van der Waals surface area contributed by atoms with Crippen molar-refractivity contribution in [2.45, 2.75) is 32.6 Å². The van der Waals surface area contributed by atoms with Crippen LogP contribution in [0.3, 0.4) is 0 Å². The van der Waals surface area contributed by atoms with E-state index in [1.165, 1.54) is 12.1 Å². The summed E-state index contributed by atoms with van der Waals surface area (Å²) in [5, 5.41) is 8.91. The second-order valence-corrected chi connectivity index (χ2v) is 5.07. The predicted molar refractivity (Wildman–Crippen MR) is 68.6 cm³/mol. The summed E-state index contributed by atoms with van der Waals surface area (Å²) < 4.78 is 18.9. The van der Waals surface area contributed by atoms with Crippen molar-refractivity contribution < 1.29 is 19.0 Å². The number of hydrogen-bond donors (Lipinski definition) is 1. The molecule has 0 bridgehead atoms. The van der Waals surface area contributed by atoms with Gasteiger partial charge in [0.15, 0.2) is 0 Å². The molecule has 1 N–H and O–H groups in total. The highest BCUT2D eigenvalue weighted by Gasteiger charge is 2.22. The summed E-state index contributed by atoms with van der Waals surface area (Å²) in [5.41, 5.74) is 0.534. The van der Waals surface area contributed by atoms with Gasteiger partial charge >= 0.3 is 5.97 Å². The maximum Gasteiger partial charge on any atom is 0.338 e. The molecule has 2 rings (SSSR count). The Hall–Kier alpha value is -1.46. The topological polar surface area (TPSA) is 49.8 Å². The minimum atomic E-state index is -1.23. The maximum atomic E-state index is 13.3. The number of morpholine rings is 1. The van der Waals surface area contributed by atoms with Crippen LogP contribution in [-0.4, -0.2) is 41.3 Å². The van der Waals surface area contributed by atoms with E-state index < -0.39 is 11.8 Å². The summed E-state index contributed by atoms with van der Waals surface area (Å²) in [6.45, 7) is 6.22. The molecule has 0 aliphatic carbocycles. The van der Waals surface area contributed by atoms with Crippen LogP contribution in [-0.2, 0) is 11.3 Å². The Labute approximate surface area is 111 Å². The third kappa shape index (κ3) is 3.52. The lowest BCUT2D eigenvalue weighted by molar-refractivity contribution is -0.0705. The van der Waals surface area contributed by atoms with E-state index in [0.717, 1.165) is 18.7 Å². The molecule has 1 aromatic rings. The molecular formula is C14H18FNO3. The van der Waals surface area contributed by atoms with Crippen LogP contribution in [0.2, 0.25) is 0 Å². The molecular weight excluding hydrogens is 249 g/mol. The molecule has 5 heteroatoms. The van der Waals surface area contributed by atoms with Crippen molar-refractivity contribution in [2.24, 2.45) is 0 Å². The number of carboxylic acid groups (broad SMARTS) is 1. The van der Waals surface area contributed by atoms with Crippen LogP contribution in [0.1, 0.15) is 29.8 Å². The minimum Gasteiger partial charge on any atom is -0.478 e. The van der Waals surface area contributed by atoms with Crippen molar-refractivity contribution in [3.63, 3.8) is 0 Å². The number of hydrogen-bond acceptors (Lipinski definition) is 3. The predicted octanol–water partition coefficient (Wildman–Crippen LogP) is 2.13. The molecule has 0 saturated carbocycles. The Balaban J connectivity index is 2.10. The van der Waals surface area contributed by atoms with E-state index in [4.69, 9.17) is 9.84 Å². The van der Waals surface area contributed by atoms with Crippen molar-refractivity contribution in [3.8, 4) is 0 Å². The Kier molecular flexibility index (Phi) is 4.17. The first-order chi connectivity index (χ1) is 8.95. The molecule has 0 aromatic heterocycles. The van der Waals surface area contributed by atoms with Crippen LogP contribution in [0.15, 0.2) is 18.2 Å². The van der Waals surface area contributed by atoms with E-state index in [2.05, 4.69) is 4.90 Å². The van der Waals surface area contributed by atoms with Gasteiger partial charge in [-0.15, -0.1) is 0 Å². The largest absolute Gasteiger partial charge is 0.478 e. The lowest BCUT2D eigenvalue weighted by Crippen LogP contribution is -2.44. The van der Waals surface area contributed by atoms with Gasteiger partial charge in [0.25, 0.3) is 0 Å². The van der Waals surface area contributed by atoms with Crippen molar-refractivity contribution in [1.29, 1.82) is 0 Å². The van der Waals surface area contributed by atoms with Crippen molar-refractivity contribution >= 4 is 5.97 Å². The van der Waals surface area contributed by atoms with Gasteiger partial charge in [-0.2, -0.15) is 0 Å². The summed E-state index contributed by atoms with van der Waals surface area (Å²) in [6, 6.07) is 4.25. The van der Waals surface area contributed by atoms with Crippen molar-refractivity contribution in [1.82, 2.24) is 4.90 Å². The molecule has 1 fully saturated rings. The van der Waals surface area contributed by atoms with E-state index in [9.17, 15) is 9.18 Å². The number of rotatable bonds is 3. The number of nitrogens with zero attached hydrogens (tertiary/aromatic N) is 1. The minimum absolute atomic E-state index is 0.156. The van der Waals surface area contributed by atoms with Gasteiger partial charge in [-0.25, -0.2) is 9.18 Å². The van der Waals surface area contributed by atoms with Crippen LogP contribution in [0, 0.1) is 5.82 Å². The molecule has 2 unspecified atom stereocenters. The zero-order valence-electron chi connectivity index (χ0n) is 11.1. The van der Waals surface area contributed by atoms with Gasteiger partial charge in [0.05, 0.1) is 17.8 Å². The lowest BCUT2D eigenvalue weighted by atomic mass is 10.1. The second-order valence-electron chi connectivity index (χ2n) is 5.07. The van der Waals surface area contributed by atoms with Gasteiger partial charge in [0, 0.05) is 19.6 Å². The van der Waals surface area contributed by atoms with E-state index in [1.807, 2.05) is 13.8 Å². The average molecular weight is 267 g/mol. The van der Waals surface area contributed by atoms with Gasteiger partial charge in [0.2, 0.25) is 0 Å². The summed E-state index contributed by atoms with van der Waals surface area (Å²) in [5.74, 6) is -1.93. The molecule has 1 aliphatic heterocycles.